The summed E-state index contributed by atoms with van der Waals surface area (Å²) in [5.74, 6) is 4.91. The van der Waals surface area contributed by atoms with E-state index < -0.39 is 43.4 Å². The van der Waals surface area contributed by atoms with Crippen LogP contribution in [0.2, 0.25) is 5.02 Å². The second-order valence-corrected chi connectivity index (χ2v) is 27.6. The van der Waals surface area contributed by atoms with Crippen LogP contribution in [0, 0.1) is 33.3 Å². The Morgan fingerprint density at radius 1 is 0.890 bits per heavy atom. The van der Waals surface area contributed by atoms with Crippen LogP contribution in [0.1, 0.15) is 122 Å². The van der Waals surface area contributed by atoms with Gasteiger partial charge in [0.2, 0.25) is 17.7 Å². The van der Waals surface area contributed by atoms with Gasteiger partial charge in [0.05, 0.1) is 21.6 Å². The number of likely N-dealkylation sites (tertiary alicyclic amines) is 2. The van der Waals surface area contributed by atoms with Crippen LogP contribution < -0.4 is 25.0 Å². The molecule has 4 aromatic carbocycles. The van der Waals surface area contributed by atoms with Crippen LogP contribution in [0.5, 0.6) is 11.5 Å². The number of nitrogens with zero attached hydrogens (tertiary/aromatic N) is 7. The van der Waals surface area contributed by atoms with Gasteiger partial charge < -0.3 is 34.6 Å². The number of anilines is 2. The lowest BCUT2D eigenvalue weighted by Gasteiger charge is -2.42. The van der Waals surface area contributed by atoms with Crippen LogP contribution in [0.15, 0.2) is 114 Å². The fraction of sp³-hybridized carbons (Fsp3) is 0.412. The number of nitro groups is 1. The van der Waals surface area contributed by atoms with Gasteiger partial charge in [-0.15, -0.1) is 0 Å². The van der Waals surface area contributed by atoms with Crippen molar-refractivity contribution in [2.75, 3.05) is 75.7 Å². The van der Waals surface area contributed by atoms with Gasteiger partial charge in [-0.2, -0.15) is 0 Å². The van der Waals surface area contributed by atoms with Gasteiger partial charge in [-0.05, 0) is 153 Å². The summed E-state index contributed by atoms with van der Waals surface area (Å²) >= 11 is 6.28. The number of fused-ring (bicyclic) bond motifs is 2. The number of sulfonamides is 1. The number of piperidine rings is 3. The summed E-state index contributed by atoms with van der Waals surface area (Å²) in [6.07, 6.45) is 10.9. The number of carbonyl (C=O) groups is 5. The molecule has 12 rings (SSSR count). The highest BCUT2D eigenvalue weighted by Gasteiger charge is 2.40. The van der Waals surface area contributed by atoms with E-state index in [0.717, 1.165) is 100 Å². The third-order valence-corrected chi connectivity index (χ3v) is 20.5. The molecule has 4 fully saturated rings. The number of piperazine rings is 1. The lowest BCUT2D eigenvalue weighted by Crippen LogP contribution is -2.52. The molecule has 91 heavy (non-hydrogen) atoms. The van der Waals surface area contributed by atoms with Crippen molar-refractivity contribution in [2.24, 2.45) is 11.3 Å². The standard InChI is InChI=1S/C68H74ClN11O10S/c1-68(2)26-20-48(56(39-68)46-10-12-49(69)13-11-46)42-75-32-34-77(35-33-75)51-14-16-55(61(37-51)90-52-36-47-21-27-70-64(47)72-41-52)65(83)74-91(88,89)53-15-17-58(60(38-53)80(86)87)71-40-44-22-28-76(29-23-44)50-24-30-78(31-25-50)63(82)9-4-3-6-45-7-5-8-54-57(45)43-79(67(54)85)59-18-19-62(81)73-66(59)84/h5,7-8,10-17,21,27,36-38,41,44,50,59,71H,4,9,18-20,22-26,28-35,39-40,42-43H2,1-2H3,(H,70,72)(H,74,83)(H,73,81,84). The largest absolute Gasteiger partial charge is 0.455 e. The molecule has 474 valence electrons. The Bertz CT molecular complexity index is 4040. The third kappa shape index (κ3) is 14.3. The zero-order valence-electron chi connectivity index (χ0n) is 51.1. The number of amides is 5. The van der Waals surface area contributed by atoms with Crippen molar-refractivity contribution in [2.45, 2.75) is 108 Å². The van der Waals surface area contributed by atoms with E-state index >= 15 is 0 Å². The molecule has 23 heteroatoms. The number of halogens is 1. The smallest absolute Gasteiger partial charge is 0.293 e. The highest BCUT2D eigenvalue weighted by molar-refractivity contribution is 7.90. The second-order valence-electron chi connectivity index (χ2n) is 25.4. The predicted molar refractivity (Wildman–Crippen MR) is 346 cm³/mol. The number of aromatic nitrogens is 2. The van der Waals surface area contributed by atoms with E-state index in [-0.39, 0.29) is 71.9 Å². The van der Waals surface area contributed by atoms with Gasteiger partial charge in [-0.25, -0.2) is 18.1 Å². The van der Waals surface area contributed by atoms with Crippen molar-refractivity contribution in [1.29, 1.82) is 0 Å². The highest BCUT2D eigenvalue weighted by Crippen LogP contribution is 2.44. The minimum Gasteiger partial charge on any atom is -0.455 e. The van der Waals surface area contributed by atoms with Gasteiger partial charge in [0.15, 0.2) is 0 Å². The molecule has 0 radical (unpaired) electrons. The second kappa shape index (κ2) is 26.7. The number of allylic oxidation sites excluding steroid dienone is 1. The number of carbonyl (C=O) groups excluding carboxylic acids is 5. The molecule has 0 saturated carbocycles. The molecular formula is C68H74ClN11O10S. The summed E-state index contributed by atoms with van der Waals surface area (Å²) in [6.45, 7) is 12.1. The van der Waals surface area contributed by atoms with Crippen LogP contribution in [0.4, 0.5) is 17.1 Å². The van der Waals surface area contributed by atoms with E-state index in [9.17, 15) is 42.5 Å². The number of rotatable bonds is 17. The molecule has 6 aliphatic rings. The van der Waals surface area contributed by atoms with Gasteiger partial charge in [0.1, 0.15) is 28.9 Å². The molecule has 6 aromatic rings. The summed E-state index contributed by atoms with van der Waals surface area (Å²) < 4.78 is 36.6. The average molecular weight is 1270 g/mol. The number of H-pyrrole nitrogens is 1. The Labute approximate surface area is 534 Å². The first-order valence-electron chi connectivity index (χ1n) is 31.4. The summed E-state index contributed by atoms with van der Waals surface area (Å²) in [5, 5.41) is 19.6. The van der Waals surface area contributed by atoms with Gasteiger partial charge in [0.25, 0.3) is 27.5 Å². The molecule has 21 nitrogen and oxygen atoms in total. The fourth-order valence-corrected chi connectivity index (χ4v) is 14.8. The Hall–Kier alpha value is -8.62. The summed E-state index contributed by atoms with van der Waals surface area (Å²) in [4.78, 5) is 94.5. The van der Waals surface area contributed by atoms with Crippen LogP contribution in [-0.4, -0.2) is 150 Å². The Morgan fingerprint density at radius 2 is 1.67 bits per heavy atom. The first-order chi connectivity index (χ1) is 43.8. The number of aromatic amines is 1. The van der Waals surface area contributed by atoms with Gasteiger partial charge in [0, 0.05) is 130 Å². The number of pyridine rings is 1. The topological polar surface area (TPSA) is 253 Å². The molecule has 5 amide bonds. The normalized spacial score (nSPS) is 19.4. The van der Waals surface area contributed by atoms with Crippen molar-refractivity contribution in [3.05, 3.63) is 152 Å². The first kappa shape index (κ1) is 62.6. The lowest BCUT2D eigenvalue weighted by molar-refractivity contribution is -0.384. The van der Waals surface area contributed by atoms with Crippen molar-refractivity contribution in [1.82, 2.24) is 39.6 Å². The maximum absolute atomic E-state index is 14.2. The van der Waals surface area contributed by atoms with E-state index in [0.29, 0.717) is 72.7 Å². The fourth-order valence-electron chi connectivity index (χ4n) is 13.6. The van der Waals surface area contributed by atoms with Crippen LogP contribution in [0.25, 0.3) is 16.6 Å². The molecule has 7 heterocycles. The zero-order valence-corrected chi connectivity index (χ0v) is 52.7. The molecule has 0 spiro atoms. The third-order valence-electron chi connectivity index (χ3n) is 18.9. The summed E-state index contributed by atoms with van der Waals surface area (Å²) in [5.41, 5.74) is 7.28. The maximum atomic E-state index is 14.2. The maximum Gasteiger partial charge on any atom is 0.293 e. The number of nitro benzene ring substituents is 1. The van der Waals surface area contributed by atoms with Crippen LogP contribution in [0.3, 0.4) is 0 Å². The van der Waals surface area contributed by atoms with Crippen molar-refractivity contribution < 1.29 is 42.1 Å². The number of imide groups is 1. The molecule has 1 unspecified atom stereocenters. The van der Waals surface area contributed by atoms with Gasteiger partial charge in [-0.3, -0.25) is 44.3 Å². The Kier molecular flexibility index (Phi) is 18.3. The SMILES string of the molecule is CC1(C)CCC(CN2CCN(c3ccc(C(=O)NS(=O)(=O)c4ccc(NCC5CCN(C6CCN(C(=O)CCC#Cc7cccc8c7CN(C7CCC(=O)NC7=O)C8=O)CC6)CC5)c([N+](=O)[O-])c4)c(Oc4cnc5[nH]ccc5c4)c3)CC2)=C(c2ccc(Cl)cc2)C1. The van der Waals surface area contributed by atoms with Gasteiger partial charge in [-0.1, -0.05) is 61.1 Å². The highest BCUT2D eigenvalue weighted by atomic mass is 35.5. The quantitative estimate of drug-likeness (QED) is 0.0287. The number of hydrogen-bond donors (Lipinski definition) is 4. The van der Waals surface area contributed by atoms with E-state index in [1.807, 2.05) is 29.2 Å². The molecule has 5 aliphatic heterocycles. The minimum atomic E-state index is -4.64. The average Bonchev–Trinajstić information content (AvgIpc) is 1.82. The molecule has 4 N–H and O–H groups in total. The van der Waals surface area contributed by atoms with E-state index in [1.54, 1.807) is 36.5 Å². The Balaban J connectivity index is 0.625. The van der Waals surface area contributed by atoms with Crippen LogP contribution >= 0.6 is 11.6 Å². The molecule has 4 saturated heterocycles. The molecule has 1 atom stereocenters. The number of ether oxygens (including phenoxy) is 1. The summed E-state index contributed by atoms with van der Waals surface area (Å²) in [6, 6.07) is 25.3. The minimum absolute atomic E-state index is 0.0411. The predicted octanol–water partition coefficient (Wildman–Crippen LogP) is 9.53. The van der Waals surface area contributed by atoms with Crippen molar-refractivity contribution in [3.8, 4) is 23.3 Å². The molecule has 0 bridgehead atoms. The first-order valence-corrected chi connectivity index (χ1v) is 33.2. The van der Waals surface area contributed by atoms with Crippen LogP contribution in [-0.2, 0) is 31.0 Å². The van der Waals surface area contributed by atoms with Crippen molar-refractivity contribution in [3.63, 3.8) is 0 Å². The lowest BCUT2D eigenvalue weighted by atomic mass is 9.72. The van der Waals surface area contributed by atoms with Crippen molar-refractivity contribution >= 4 is 84.8 Å². The molecule has 2 aromatic heterocycles. The Morgan fingerprint density at radius 3 is 2.43 bits per heavy atom. The number of benzene rings is 4. The zero-order chi connectivity index (χ0) is 63.6. The number of nitrogens with one attached hydrogen (secondary N) is 4. The monoisotopic (exact) mass is 1270 g/mol. The van der Waals surface area contributed by atoms with E-state index in [4.69, 9.17) is 16.3 Å². The van der Waals surface area contributed by atoms with E-state index in [1.165, 1.54) is 46.0 Å². The van der Waals surface area contributed by atoms with E-state index in [2.05, 4.69) is 77.8 Å². The molecule has 1 aliphatic carbocycles. The molecular weight excluding hydrogens is 1200 g/mol. The van der Waals surface area contributed by atoms with Gasteiger partial charge >= 0.3 is 0 Å². The summed E-state index contributed by atoms with van der Waals surface area (Å²) in [7, 11) is -4.64. The number of hydrogen-bond acceptors (Lipinski definition) is 15.